The number of ether oxygens (including phenoxy) is 1. The number of benzene rings is 1. The molecule has 110 valence electrons. The standard InChI is InChI=1S/C14H21N3O3/c1-2-16-14(19)10-3-4-12(15)13(7-10)17-5-6-20-11(8-17)9-18/h3-4,7,11,18H,2,5-6,8-9,15H2,1H3,(H,16,19). The maximum absolute atomic E-state index is 11.9. The van der Waals surface area contributed by atoms with Crippen LogP contribution >= 0.6 is 0 Å². The molecule has 0 aliphatic carbocycles. The van der Waals surface area contributed by atoms with Crippen LogP contribution in [0, 0.1) is 0 Å². The number of aliphatic hydroxyl groups excluding tert-OH is 1. The number of nitrogens with one attached hydrogen (secondary N) is 1. The maximum Gasteiger partial charge on any atom is 0.251 e. The van der Waals surface area contributed by atoms with Gasteiger partial charge in [0.1, 0.15) is 0 Å². The van der Waals surface area contributed by atoms with Crippen LogP contribution < -0.4 is 16.0 Å². The van der Waals surface area contributed by atoms with Gasteiger partial charge in [-0.25, -0.2) is 0 Å². The number of amides is 1. The van der Waals surface area contributed by atoms with Crippen molar-refractivity contribution in [1.82, 2.24) is 5.32 Å². The van der Waals surface area contributed by atoms with Gasteiger partial charge in [-0.3, -0.25) is 4.79 Å². The van der Waals surface area contributed by atoms with Crippen molar-refractivity contribution >= 4 is 17.3 Å². The molecule has 0 bridgehead atoms. The van der Waals surface area contributed by atoms with Gasteiger partial charge in [-0.1, -0.05) is 0 Å². The fourth-order valence-electron chi connectivity index (χ4n) is 2.27. The van der Waals surface area contributed by atoms with E-state index in [9.17, 15) is 9.90 Å². The fourth-order valence-corrected chi connectivity index (χ4v) is 2.27. The summed E-state index contributed by atoms with van der Waals surface area (Å²) >= 11 is 0. The monoisotopic (exact) mass is 279 g/mol. The molecule has 1 heterocycles. The molecule has 1 amide bonds. The van der Waals surface area contributed by atoms with Gasteiger partial charge in [-0.05, 0) is 25.1 Å². The Balaban J connectivity index is 2.21. The Morgan fingerprint density at radius 2 is 2.40 bits per heavy atom. The summed E-state index contributed by atoms with van der Waals surface area (Å²) in [5, 5.41) is 12.0. The fraction of sp³-hybridized carbons (Fsp3) is 0.500. The van der Waals surface area contributed by atoms with Crippen LogP contribution in [0.5, 0.6) is 0 Å². The van der Waals surface area contributed by atoms with Crippen LogP contribution in [-0.4, -0.2) is 50.0 Å². The Labute approximate surface area is 118 Å². The second-order valence-corrected chi connectivity index (χ2v) is 4.75. The number of carbonyl (C=O) groups is 1. The smallest absolute Gasteiger partial charge is 0.251 e. The van der Waals surface area contributed by atoms with Crippen molar-refractivity contribution in [2.24, 2.45) is 0 Å². The average Bonchev–Trinajstić information content (AvgIpc) is 2.48. The van der Waals surface area contributed by atoms with E-state index in [0.717, 1.165) is 5.69 Å². The molecule has 1 aliphatic rings. The minimum absolute atomic E-state index is 0.0214. The number of rotatable bonds is 4. The molecule has 0 spiro atoms. The van der Waals surface area contributed by atoms with Crippen molar-refractivity contribution in [1.29, 1.82) is 0 Å². The lowest BCUT2D eigenvalue weighted by molar-refractivity contribution is 0.00360. The van der Waals surface area contributed by atoms with Gasteiger partial charge in [0, 0.05) is 25.2 Å². The predicted molar refractivity (Wildman–Crippen MR) is 77.9 cm³/mol. The summed E-state index contributed by atoms with van der Waals surface area (Å²) < 4.78 is 5.42. The largest absolute Gasteiger partial charge is 0.397 e. The molecule has 1 atom stereocenters. The molecule has 1 unspecified atom stereocenters. The third-order valence-corrected chi connectivity index (χ3v) is 3.31. The number of nitrogens with two attached hydrogens (primary N) is 1. The zero-order valence-electron chi connectivity index (χ0n) is 11.6. The molecular formula is C14H21N3O3. The normalized spacial score (nSPS) is 18.9. The molecule has 1 aliphatic heterocycles. The van der Waals surface area contributed by atoms with Gasteiger partial charge in [0.2, 0.25) is 0 Å². The molecule has 1 aromatic carbocycles. The molecule has 2 rings (SSSR count). The number of hydrogen-bond acceptors (Lipinski definition) is 5. The molecule has 4 N–H and O–H groups in total. The Hall–Kier alpha value is -1.79. The van der Waals surface area contributed by atoms with E-state index in [4.69, 9.17) is 10.5 Å². The third kappa shape index (κ3) is 3.20. The molecule has 1 saturated heterocycles. The minimum Gasteiger partial charge on any atom is -0.397 e. The summed E-state index contributed by atoms with van der Waals surface area (Å²) in [6.07, 6.45) is -0.212. The molecule has 1 fully saturated rings. The van der Waals surface area contributed by atoms with Crippen LogP contribution in [0.1, 0.15) is 17.3 Å². The van der Waals surface area contributed by atoms with Gasteiger partial charge in [0.25, 0.3) is 5.91 Å². The second kappa shape index (κ2) is 6.58. The first kappa shape index (κ1) is 14.6. The van der Waals surface area contributed by atoms with E-state index in [0.29, 0.717) is 37.5 Å². The van der Waals surface area contributed by atoms with Gasteiger partial charge in [0.05, 0.1) is 30.7 Å². The van der Waals surface area contributed by atoms with Gasteiger partial charge < -0.3 is 25.8 Å². The molecule has 6 nitrogen and oxygen atoms in total. The first-order valence-electron chi connectivity index (χ1n) is 6.80. The SMILES string of the molecule is CCNC(=O)c1ccc(N)c(N2CCOC(CO)C2)c1. The average molecular weight is 279 g/mol. The number of anilines is 2. The van der Waals surface area contributed by atoms with E-state index in [-0.39, 0.29) is 18.6 Å². The maximum atomic E-state index is 11.9. The van der Waals surface area contributed by atoms with E-state index in [1.54, 1.807) is 18.2 Å². The highest BCUT2D eigenvalue weighted by atomic mass is 16.5. The first-order valence-corrected chi connectivity index (χ1v) is 6.80. The van der Waals surface area contributed by atoms with Crippen LogP contribution in [0.25, 0.3) is 0 Å². The Kier molecular flexibility index (Phi) is 4.81. The number of morpholine rings is 1. The molecule has 0 radical (unpaired) electrons. The highest BCUT2D eigenvalue weighted by Gasteiger charge is 2.22. The van der Waals surface area contributed by atoms with Crippen LogP contribution in [0.15, 0.2) is 18.2 Å². The molecule has 1 aromatic rings. The summed E-state index contributed by atoms with van der Waals surface area (Å²) in [5.41, 5.74) is 8.03. The topological polar surface area (TPSA) is 87.8 Å². The summed E-state index contributed by atoms with van der Waals surface area (Å²) in [4.78, 5) is 13.9. The van der Waals surface area contributed by atoms with Crippen molar-refractivity contribution in [3.63, 3.8) is 0 Å². The molecule has 20 heavy (non-hydrogen) atoms. The molecular weight excluding hydrogens is 258 g/mol. The quantitative estimate of drug-likeness (QED) is 0.686. The highest BCUT2D eigenvalue weighted by molar-refractivity contribution is 5.96. The van der Waals surface area contributed by atoms with Crippen molar-refractivity contribution in [3.05, 3.63) is 23.8 Å². The summed E-state index contributed by atoms with van der Waals surface area (Å²) in [5.74, 6) is -0.110. The van der Waals surface area contributed by atoms with Crippen LogP contribution in [-0.2, 0) is 4.74 Å². The molecule has 0 saturated carbocycles. The van der Waals surface area contributed by atoms with E-state index in [1.165, 1.54) is 0 Å². The number of carbonyl (C=O) groups excluding carboxylic acids is 1. The summed E-state index contributed by atoms with van der Waals surface area (Å²) in [7, 11) is 0. The van der Waals surface area contributed by atoms with Crippen molar-refractivity contribution in [2.75, 3.05) is 43.5 Å². The van der Waals surface area contributed by atoms with Crippen LogP contribution in [0.2, 0.25) is 0 Å². The lowest BCUT2D eigenvalue weighted by atomic mass is 10.1. The number of nitrogen functional groups attached to an aromatic ring is 1. The predicted octanol–water partition coefficient (Wildman–Crippen LogP) is 0.216. The van der Waals surface area contributed by atoms with Crippen molar-refractivity contribution < 1.29 is 14.6 Å². The lowest BCUT2D eigenvalue weighted by Crippen LogP contribution is -2.44. The van der Waals surface area contributed by atoms with E-state index >= 15 is 0 Å². The Morgan fingerprint density at radius 3 is 3.10 bits per heavy atom. The molecule has 6 heteroatoms. The Morgan fingerprint density at radius 1 is 1.60 bits per heavy atom. The van der Waals surface area contributed by atoms with Gasteiger partial charge in [-0.15, -0.1) is 0 Å². The number of aliphatic hydroxyl groups is 1. The van der Waals surface area contributed by atoms with Gasteiger partial charge in [0.15, 0.2) is 0 Å². The highest BCUT2D eigenvalue weighted by Crippen LogP contribution is 2.26. The van der Waals surface area contributed by atoms with E-state index in [2.05, 4.69) is 5.32 Å². The zero-order valence-corrected chi connectivity index (χ0v) is 11.6. The summed E-state index contributed by atoms with van der Waals surface area (Å²) in [6, 6.07) is 5.25. The summed E-state index contributed by atoms with van der Waals surface area (Å²) in [6.45, 7) is 4.24. The minimum atomic E-state index is -0.212. The van der Waals surface area contributed by atoms with E-state index in [1.807, 2.05) is 11.8 Å². The third-order valence-electron chi connectivity index (χ3n) is 3.31. The van der Waals surface area contributed by atoms with Crippen LogP contribution in [0.3, 0.4) is 0 Å². The number of nitrogens with zero attached hydrogens (tertiary/aromatic N) is 1. The van der Waals surface area contributed by atoms with Gasteiger partial charge >= 0.3 is 0 Å². The Bertz CT molecular complexity index is 479. The zero-order chi connectivity index (χ0) is 14.5. The lowest BCUT2D eigenvalue weighted by Gasteiger charge is -2.34. The van der Waals surface area contributed by atoms with Gasteiger partial charge in [-0.2, -0.15) is 0 Å². The van der Waals surface area contributed by atoms with Crippen molar-refractivity contribution in [3.8, 4) is 0 Å². The number of hydrogen-bond donors (Lipinski definition) is 3. The van der Waals surface area contributed by atoms with E-state index < -0.39 is 0 Å². The van der Waals surface area contributed by atoms with Crippen molar-refractivity contribution in [2.45, 2.75) is 13.0 Å². The van der Waals surface area contributed by atoms with Crippen LogP contribution in [0.4, 0.5) is 11.4 Å². The molecule has 0 aromatic heterocycles. The second-order valence-electron chi connectivity index (χ2n) is 4.75. The first-order chi connectivity index (χ1) is 9.65.